The zero-order valence-corrected chi connectivity index (χ0v) is 11.8. The minimum atomic E-state index is 0.350. The third kappa shape index (κ3) is 2.58. The van der Waals surface area contributed by atoms with E-state index in [1.807, 2.05) is 0 Å². The number of nitrogens with zero attached hydrogens (tertiary/aromatic N) is 1. The molecule has 0 aliphatic carbocycles. The first kappa shape index (κ1) is 12.5. The Labute approximate surface area is 114 Å². The molecule has 1 fully saturated rings. The number of hydrogen-bond donors (Lipinski definition) is 1. The molecule has 3 unspecified atom stereocenters. The molecule has 1 saturated heterocycles. The van der Waals surface area contributed by atoms with Crippen LogP contribution in [0.5, 0.6) is 0 Å². The number of likely N-dealkylation sites (tertiary alicyclic amines) is 1. The first-order chi connectivity index (χ1) is 8.72. The Morgan fingerprint density at radius 2 is 2.28 bits per heavy atom. The van der Waals surface area contributed by atoms with Gasteiger partial charge in [0.15, 0.2) is 0 Å². The van der Waals surface area contributed by atoms with Crippen molar-refractivity contribution in [1.82, 2.24) is 4.90 Å². The maximum atomic E-state index is 6.01. The fraction of sp³-hybridized carbons (Fsp3) is 0.600. The lowest BCUT2D eigenvalue weighted by Crippen LogP contribution is -2.32. The number of benzene rings is 1. The average molecular weight is 262 g/mol. The van der Waals surface area contributed by atoms with Crippen LogP contribution in [-0.4, -0.2) is 35.8 Å². The third-order valence-electron chi connectivity index (χ3n) is 4.23. The van der Waals surface area contributed by atoms with Gasteiger partial charge in [0.05, 0.1) is 0 Å². The zero-order chi connectivity index (χ0) is 12.5. The Morgan fingerprint density at radius 3 is 3.00 bits per heavy atom. The monoisotopic (exact) mass is 262 g/mol. The highest BCUT2D eigenvalue weighted by Crippen LogP contribution is 2.37. The van der Waals surface area contributed by atoms with Crippen molar-refractivity contribution in [2.24, 2.45) is 11.7 Å². The van der Waals surface area contributed by atoms with Gasteiger partial charge in [-0.15, -0.1) is 11.8 Å². The molecule has 0 saturated carbocycles. The summed E-state index contributed by atoms with van der Waals surface area (Å²) in [5.41, 5.74) is 7.54. The van der Waals surface area contributed by atoms with Crippen LogP contribution in [0.25, 0.3) is 0 Å². The lowest BCUT2D eigenvalue weighted by Gasteiger charge is -2.20. The summed E-state index contributed by atoms with van der Waals surface area (Å²) >= 11 is 2.06. The predicted octanol–water partition coefficient (Wildman–Crippen LogP) is 2.37. The van der Waals surface area contributed by atoms with E-state index in [1.54, 1.807) is 0 Å². The van der Waals surface area contributed by atoms with Gasteiger partial charge in [0, 0.05) is 29.3 Å². The van der Waals surface area contributed by atoms with Crippen molar-refractivity contribution in [3.63, 3.8) is 0 Å². The van der Waals surface area contributed by atoms with E-state index >= 15 is 0 Å². The average Bonchev–Trinajstić information content (AvgIpc) is 2.94. The molecule has 2 nitrogen and oxygen atoms in total. The van der Waals surface area contributed by atoms with Crippen LogP contribution in [0, 0.1) is 5.92 Å². The highest BCUT2D eigenvalue weighted by atomic mass is 32.2. The molecular weight excluding hydrogens is 240 g/mol. The van der Waals surface area contributed by atoms with E-state index in [-0.39, 0.29) is 0 Å². The van der Waals surface area contributed by atoms with E-state index in [4.69, 9.17) is 5.73 Å². The van der Waals surface area contributed by atoms with Crippen molar-refractivity contribution in [2.75, 3.05) is 19.6 Å². The van der Waals surface area contributed by atoms with Gasteiger partial charge in [-0.3, -0.25) is 0 Å². The van der Waals surface area contributed by atoms with E-state index in [9.17, 15) is 0 Å². The van der Waals surface area contributed by atoms with E-state index < -0.39 is 0 Å². The minimum absolute atomic E-state index is 0.350. The normalized spacial score (nSPS) is 29.4. The van der Waals surface area contributed by atoms with Gasteiger partial charge in [-0.05, 0) is 43.9 Å². The van der Waals surface area contributed by atoms with Crippen molar-refractivity contribution in [1.29, 1.82) is 0 Å². The first-order valence-electron chi connectivity index (χ1n) is 6.95. The number of rotatable bonds is 3. The molecular formula is C15H22N2S. The summed E-state index contributed by atoms with van der Waals surface area (Å²) in [6.45, 7) is 5.81. The summed E-state index contributed by atoms with van der Waals surface area (Å²) in [6.07, 6.45) is 2.52. The van der Waals surface area contributed by atoms with Crippen LogP contribution in [-0.2, 0) is 6.42 Å². The van der Waals surface area contributed by atoms with Gasteiger partial charge >= 0.3 is 0 Å². The molecule has 98 valence electrons. The Morgan fingerprint density at radius 1 is 1.44 bits per heavy atom. The van der Waals surface area contributed by atoms with Gasteiger partial charge in [0.1, 0.15) is 0 Å². The van der Waals surface area contributed by atoms with Crippen LogP contribution in [0.2, 0.25) is 0 Å². The van der Waals surface area contributed by atoms with E-state index in [0.717, 1.165) is 5.25 Å². The predicted molar refractivity (Wildman–Crippen MR) is 78.0 cm³/mol. The molecule has 2 heterocycles. The van der Waals surface area contributed by atoms with Crippen LogP contribution in [0.3, 0.4) is 0 Å². The van der Waals surface area contributed by atoms with E-state index in [2.05, 4.69) is 47.9 Å². The molecule has 2 aliphatic rings. The lowest BCUT2D eigenvalue weighted by molar-refractivity contribution is 0.316. The molecule has 0 spiro atoms. The van der Waals surface area contributed by atoms with Crippen LogP contribution < -0.4 is 5.73 Å². The summed E-state index contributed by atoms with van der Waals surface area (Å²) in [5, 5.41) is 0.745. The maximum Gasteiger partial charge on any atom is 0.0263 e. The number of thioether (sulfide) groups is 1. The second kappa shape index (κ2) is 5.24. The molecule has 18 heavy (non-hydrogen) atoms. The third-order valence-corrected chi connectivity index (χ3v) is 5.53. The van der Waals surface area contributed by atoms with Crippen molar-refractivity contribution in [3.05, 3.63) is 29.8 Å². The second-order valence-electron chi connectivity index (χ2n) is 5.72. The van der Waals surface area contributed by atoms with E-state index in [1.165, 1.54) is 42.9 Å². The molecule has 2 aliphatic heterocycles. The minimum Gasteiger partial charge on any atom is -0.328 e. The molecule has 0 radical (unpaired) electrons. The molecule has 3 rings (SSSR count). The SMILES string of the molecule is CC(N)C1CCN(CC2Cc3ccccc3S2)C1. The summed E-state index contributed by atoms with van der Waals surface area (Å²) in [6, 6.07) is 9.19. The second-order valence-corrected chi connectivity index (χ2v) is 7.06. The van der Waals surface area contributed by atoms with E-state index in [0.29, 0.717) is 12.0 Å². The number of fused-ring (bicyclic) bond motifs is 1. The Balaban J connectivity index is 1.54. The number of nitrogens with two attached hydrogens (primary N) is 1. The van der Waals surface area contributed by atoms with Crippen LogP contribution in [0.4, 0.5) is 0 Å². The zero-order valence-electron chi connectivity index (χ0n) is 11.0. The van der Waals surface area contributed by atoms with Crippen LogP contribution >= 0.6 is 11.8 Å². The van der Waals surface area contributed by atoms with Crippen LogP contribution in [0.1, 0.15) is 18.9 Å². The van der Waals surface area contributed by atoms with Crippen LogP contribution in [0.15, 0.2) is 29.2 Å². The van der Waals surface area contributed by atoms with Crippen molar-refractivity contribution in [2.45, 2.75) is 36.0 Å². The van der Waals surface area contributed by atoms with Crippen molar-refractivity contribution in [3.8, 4) is 0 Å². The number of hydrogen-bond acceptors (Lipinski definition) is 3. The molecule has 0 amide bonds. The fourth-order valence-corrected chi connectivity index (χ4v) is 4.47. The standard InChI is InChI=1S/C15H22N2S/c1-11(16)13-6-7-17(9-13)10-14-8-12-4-2-3-5-15(12)18-14/h2-5,11,13-14H,6-10,16H2,1H3. The smallest absolute Gasteiger partial charge is 0.0263 e. The Bertz CT molecular complexity index is 394. The Hall–Kier alpha value is -0.510. The van der Waals surface area contributed by atoms with Gasteiger partial charge in [-0.1, -0.05) is 18.2 Å². The largest absolute Gasteiger partial charge is 0.328 e. The fourth-order valence-electron chi connectivity index (χ4n) is 3.10. The molecule has 3 atom stereocenters. The summed E-state index contributed by atoms with van der Waals surface area (Å²) < 4.78 is 0. The van der Waals surface area contributed by atoms with Gasteiger partial charge in [-0.2, -0.15) is 0 Å². The maximum absolute atomic E-state index is 6.01. The summed E-state index contributed by atoms with van der Waals surface area (Å²) in [7, 11) is 0. The molecule has 1 aromatic rings. The highest BCUT2D eigenvalue weighted by molar-refractivity contribution is 8.00. The van der Waals surface area contributed by atoms with Gasteiger partial charge in [0.2, 0.25) is 0 Å². The lowest BCUT2D eigenvalue weighted by atomic mass is 10.0. The molecule has 2 N–H and O–H groups in total. The molecule has 0 bridgehead atoms. The Kier molecular flexibility index (Phi) is 3.64. The molecule has 0 aromatic heterocycles. The van der Waals surface area contributed by atoms with Gasteiger partial charge in [-0.25, -0.2) is 0 Å². The van der Waals surface area contributed by atoms with Gasteiger partial charge < -0.3 is 10.6 Å². The molecule has 1 aromatic carbocycles. The van der Waals surface area contributed by atoms with Crippen molar-refractivity contribution >= 4 is 11.8 Å². The topological polar surface area (TPSA) is 29.3 Å². The highest BCUT2D eigenvalue weighted by Gasteiger charge is 2.29. The summed E-state index contributed by atoms with van der Waals surface area (Å²) in [5.74, 6) is 0.707. The molecule has 3 heteroatoms. The van der Waals surface area contributed by atoms with Gasteiger partial charge in [0.25, 0.3) is 0 Å². The van der Waals surface area contributed by atoms with Crippen molar-refractivity contribution < 1.29 is 0 Å². The summed E-state index contributed by atoms with van der Waals surface area (Å²) in [4.78, 5) is 4.10. The first-order valence-corrected chi connectivity index (χ1v) is 7.83. The quantitative estimate of drug-likeness (QED) is 0.907.